The van der Waals surface area contributed by atoms with E-state index in [1.165, 1.54) is 18.2 Å². The Kier molecular flexibility index (Phi) is 6.83. The number of benzene rings is 3. The Morgan fingerprint density at radius 3 is 2.37 bits per heavy atom. The first-order valence-corrected chi connectivity index (χ1v) is 13.5. The average molecular weight is 533 g/mol. The highest BCUT2D eigenvalue weighted by atomic mass is 35.5. The molecule has 2 heterocycles. The third-order valence-electron chi connectivity index (χ3n) is 6.89. The lowest BCUT2D eigenvalue weighted by molar-refractivity contribution is -0.113. The van der Waals surface area contributed by atoms with Crippen LogP contribution < -0.4 is 4.74 Å². The molecule has 3 aromatic carbocycles. The number of hydroxylamine groups is 2. The lowest BCUT2D eigenvalue weighted by Gasteiger charge is -2.41. The van der Waals surface area contributed by atoms with Gasteiger partial charge in [0, 0.05) is 41.2 Å². The molecule has 6 nitrogen and oxygen atoms in total. The smallest absolute Gasteiger partial charge is 0.243 e. The summed E-state index contributed by atoms with van der Waals surface area (Å²) in [6.07, 6.45) is 0.614. The fourth-order valence-electron chi connectivity index (χ4n) is 5.09. The van der Waals surface area contributed by atoms with Gasteiger partial charge in [0.05, 0.1) is 24.7 Å². The van der Waals surface area contributed by atoms with Crippen molar-refractivity contribution >= 4 is 33.2 Å². The third-order valence-corrected chi connectivity index (χ3v) is 9.18. The highest BCUT2D eigenvalue weighted by Crippen LogP contribution is 2.42. The Balaban J connectivity index is 1.54. The van der Waals surface area contributed by atoms with Gasteiger partial charge in [0.15, 0.2) is 0 Å². The highest BCUT2D eigenvalue weighted by Gasteiger charge is 2.46. The normalized spacial score (nSPS) is 23.3. The van der Waals surface area contributed by atoms with Crippen LogP contribution in [0.25, 0.3) is 11.1 Å². The Labute approximate surface area is 216 Å². The van der Waals surface area contributed by atoms with Crippen LogP contribution in [0.2, 0.25) is 10.0 Å². The van der Waals surface area contributed by atoms with Gasteiger partial charge in [-0.25, -0.2) is 8.42 Å². The number of nitrogens with zero attached hydrogens (tertiary/aromatic N) is 2. The Morgan fingerprint density at radius 2 is 1.69 bits per heavy atom. The van der Waals surface area contributed by atoms with E-state index in [9.17, 15) is 8.42 Å². The second-order valence-corrected chi connectivity index (χ2v) is 11.7. The van der Waals surface area contributed by atoms with Crippen molar-refractivity contribution in [3.8, 4) is 16.9 Å². The lowest BCUT2D eigenvalue weighted by Crippen LogP contribution is -2.49. The summed E-state index contributed by atoms with van der Waals surface area (Å²) in [5.74, 6) is 0.862. The van der Waals surface area contributed by atoms with Gasteiger partial charge in [0.25, 0.3) is 0 Å². The van der Waals surface area contributed by atoms with E-state index in [4.69, 9.17) is 32.8 Å². The number of sulfonamides is 1. The SMILES string of the molecule is COc1ccccc1-c1ccc([C@@H]2C[C@H]3[C@H](CON3C)CN2S(=O)(=O)c2cc(Cl)cc(Cl)c2)cc1. The maximum Gasteiger partial charge on any atom is 0.243 e. The predicted octanol–water partition coefficient (Wildman–Crippen LogP) is 5.67. The summed E-state index contributed by atoms with van der Waals surface area (Å²) in [4.78, 5) is 5.84. The van der Waals surface area contributed by atoms with Crippen molar-refractivity contribution in [2.45, 2.75) is 23.4 Å². The summed E-state index contributed by atoms with van der Waals surface area (Å²) in [7, 11) is -0.303. The van der Waals surface area contributed by atoms with Gasteiger partial charge in [-0.15, -0.1) is 0 Å². The molecule has 0 amide bonds. The molecule has 5 rings (SSSR count). The molecule has 2 fully saturated rings. The van der Waals surface area contributed by atoms with E-state index in [0.717, 1.165) is 22.4 Å². The van der Waals surface area contributed by atoms with E-state index < -0.39 is 10.0 Å². The second kappa shape index (κ2) is 9.73. The number of halogens is 2. The van der Waals surface area contributed by atoms with Crippen LogP contribution in [-0.2, 0) is 14.9 Å². The molecular weight excluding hydrogens is 507 g/mol. The minimum absolute atomic E-state index is 0.0773. The average Bonchev–Trinajstić information content (AvgIpc) is 3.22. The Morgan fingerprint density at radius 1 is 1.00 bits per heavy atom. The topological polar surface area (TPSA) is 59.1 Å². The molecule has 0 aliphatic carbocycles. The molecule has 9 heteroatoms. The molecule has 0 bridgehead atoms. The molecule has 2 aliphatic rings. The van der Waals surface area contributed by atoms with E-state index in [1.54, 1.807) is 11.4 Å². The first-order chi connectivity index (χ1) is 16.8. The maximum absolute atomic E-state index is 13.9. The fourth-order valence-corrected chi connectivity index (χ4v) is 7.49. The first kappa shape index (κ1) is 24.6. The van der Waals surface area contributed by atoms with Crippen LogP contribution in [0.15, 0.2) is 71.6 Å². The molecule has 3 aromatic rings. The van der Waals surface area contributed by atoms with Crippen LogP contribution in [0.3, 0.4) is 0 Å². The van der Waals surface area contributed by atoms with Crippen LogP contribution in [0, 0.1) is 5.92 Å². The Hall–Kier alpha value is -2.13. The van der Waals surface area contributed by atoms with Gasteiger partial charge in [-0.2, -0.15) is 9.37 Å². The minimum atomic E-state index is -3.86. The maximum atomic E-state index is 13.9. The summed E-state index contributed by atoms with van der Waals surface area (Å²) in [5.41, 5.74) is 2.89. The van der Waals surface area contributed by atoms with Crippen LogP contribution in [0.4, 0.5) is 0 Å². The van der Waals surface area contributed by atoms with Crippen LogP contribution in [-0.4, -0.2) is 51.1 Å². The van der Waals surface area contributed by atoms with E-state index in [-0.39, 0.29) is 32.9 Å². The molecule has 0 aromatic heterocycles. The number of hydrogen-bond acceptors (Lipinski definition) is 5. The summed E-state index contributed by atoms with van der Waals surface area (Å²) < 4.78 is 34.8. The second-order valence-electron chi connectivity index (χ2n) is 8.92. The molecular formula is C26H26Cl2N2O4S. The number of ether oxygens (including phenoxy) is 1. The molecule has 2 saturated heterocycles. The number of piperidine rings is 1. The zero-order chi connectivity index (χ0) is 24.7. The van der Waals surface area contributed by atoms with E-state index in [0.29, 0.717) is 19.6 Å². The summed E-state index contributed by atoms with van der Waals surface area (Å²) in [6.45, 7) is 0.837. The third kappa shape index (κ3) is 4.69. The van der Waals surface area contributed by atoms with E-state index >= 15 is 0 Å². The van der Waals surface area contributed by atoms with Crippen molar-refractivity contribution in [1.29, 1.82) is 0 Å². The fraction of sp³-hybridized carbons (Fsp3) is 0.308. The van der Waals surface area contributed by atoms with Gasteiger partial charge in [0.1, 0.15) is 5.75 Å². The first-order valence-electron chi connectivity index (χ1n) is 11.3. The molecule has 184 valence electrons. The largest absolute Gasteiger partial charge is 0.496 e. The van der Waals surface area contributed by atoms with Crippen molar-refractivity contribution in [2.24, 2.45) is 5.92 Å². The number of para-hydroxylation sites is 1. The Bertz CT molecular complexity index is 1310. The molecule has 0 unspecified atom stereocenters. The van der Waals surface area contributed by atoms with Gasteiger partial charge in [0.2, 0.25) is 10.0 Å². The predicted molar refractivity (Wildman–Crippen MR) is 137 cm³/mol. The number of methoxy groups -OCH3 is 1. The molecule has 0 N–H and O–H groups in total. The molecule has 3 atom stereocenters. The van der Waals surface area contributed by atoms with Crippen molar-refractivity contribution in [2.75, 3.05) is 27.3 Å². The van der Waals surface area contributed by atoms with Gasteiger partial charge < -0.3 is 4.74 Å². The van der Waals surface area contributed by atoms with Crippen molar-refractivity contribution < 1.29 is 18.0 Å². The van der Waals surface area contributed by atoms with Crippen molar-refractivity contribution in [3.05, 3.63) is 82.3 Å². The van der Waals surface area contributed by atoms with E-state index in [1.807, 2.05) is 60.6 Å². The molecule has 0 spiro atoms. The summed E-state index contributed by atoms with van der Waals surface area (Å²) >= 11 is 12.3. The highest BCUT2D eigenvalue weighted by molar-refractivity contribution is 7.89. The van der Waals surface area contributed by atoms with Gasteiger partial charge in [-0.3, -0.25) is 4.84 Å². The van der Waals surface area contributed by atoms with Crippen LogP contribution in [0.5, 0.6) is 5.75 Å². The standard InChI is InChI=1S/C26H26Cl2N2O4S/c1-29-24-14-25(18-9-7-17(8-10-18)23-5-3-4-6-26(23)33-2)30(15-19(24)16-34-29)35(31,32)22-12-20(27)11-21(28)13-22/h3-13,19,24-25H,14-16H2,1-2H3/t19-,24-,25-/m0/s1. The zero-order valence-corrected chi connectivity index (χ0v) is 21.7. The van der Waals surface area contributed by atoms with E-state index in [2.05, 4.69) is 0 Å². The lowest BCUT2D eigenvalue weighted by atomic mass is 9.87. The number of fused-ring (bicyclic) bond motifs is 1. The molecule has 0 saturated carbocycles. The number of rotatable bonds is 5. The van der Waals surface area contributed by atoms with Gasteiger partial charge >= 0.3 is 0 Å². The van der Waals surface area contributed by atoms with Crippen molar-refractivity contribution in [1.82, 2.24) is 9.37 Å². The quantitative estimate of drug-likeness (QED) is 0.423. The monoisotopic (exact) mass is 532 g/mol. The van der Waals surface area contributed by atoms with Gasteiger partial charge in [-0.1, -0.05) is 65.7 Å². The molecule has 2 aliphatic heterocycles. The summed E-state index contributed by atoms with van der Waals surface area (Å²) in [6, 6.07) is 20.0. The molecule has 0 radical (unpaired) electrons. The molecule has 35 heavy (non-hydrogen) atoms. The van der Waals surface area contributed by atoms with Gasteiger partial charge in [-0.05, 0) is 41.8 Å². The van der Waals surface area contributed by atoms with Crippen LogP contribution in [0.1, 0.15) is 18.0 Å². The zero-order valence-electron chi connectivity index (χ0n) is 19.4. The summed E-state index contributed by atoms with van der Waals surface area (Å²) in [5, 5.41) is 2.43. The minimum Gasteiger partial charge on any atom is -0.496 e. The van der Waals surface area contributed by atoms with Crippen molar-refractivity contribution in [3.63, 3.8) is 0 Å². The van der Waals surface area contributed by atoms with Crippen LogP contribution >= 0.6 is 23.2 Å². The number of hydrogen-bond donors (Lipinski definition) is 0.